The van der Waals surface area contributed by atoms with Crippen molar-refractivity contribution >= 4 is 49.8 Å². The van der Waals surface area contributed by atoms with Crippen LogP contribution in [0.5, 0.6) is 0 Å². The average molecular weight is 510 g/mol. The number of nitrogens with one attached hydrogen (secondary N) is 3. The molecule has 0 aliphatic carbocycles. The first-order valence-corrected chi connectivity index (χ1v) is 12.6. The molecule has 0 spiro atoms. The van der Waals surface area contributed by atoms with Gasteiger partial charge in [-0.3, -0.25) is 5.32 Å². The van der Waals surface area contributed by atoms with E-state index < -0.39 is 21.2 Å². The minimum Gasteiger partial charge on any atom is -0.465 e. The van der Waals surface area contributed by atoms with Gasteiger partial charge in [-0.2, -0.15) is 0 Å². The van der Waals surface area contributed by atoms with Crippen LogP contribution in [0.2, 0.25) is 0 Å². The Hall–Kier alpha value is -4.00. The van der Waals surface area contributed by atoms with Crippen LogP contribution in [0.15, 0.2) is 70.4 Å². The number of pyridine rings is 1. The predicted octanol–water partition coefficient (Wildman–Crippen LogP) is 3.22. The van der Waals surface area contributed by atoms with Gasteiger partial charge in [0.2, 0.25) is 9.84 Å². The third-order valence-corrected chi connectivity index (χ3v) is 7.47. The molecule has 5 rings (SSSR count). The Morgan fingerprint density at radius 2 is 2.00 bits per heavy atom. The molecule has 3 N–H and O–H groups in total. The monoisotopic (exact) mass is 509 g/mol. The Balaban J connectivity index is 1.63. The van der Waals surface area contributed by atoms with Gasteiger partial charge in [0, 0.05) is 17.6 Å². The zero-order valence-corrected chi connectivity index (χ0v) is 20.0. The Kier molecular flexibility index (Phi) is 6.55. The maximum atomic E-state index is 13.4. The van der Waals surface area contributed by atoms with Crippen LogP contribution >= 0.6 is 0 Å². The number of aromatic nitrogens is 2. The Bertz CT molecular complexity index is 1500. The molecule has 2 aromatic heterocycles. The van der Waals surface area contributed by atoms with Crippen LogP contribution in [-0.2, 0) is 19.3 Å². The molecular formula is C24H23N5O6S. The summed E-state index contributed by atoms with van der Waals surface area (Å²) in [5, 5.41) is 8.81. The van der Waals surface area contributed by atoms with E-state index in [1.54, 1.807) is 42.5 Å². The second kappa shape index (κ2) is 9.93. The first-order valence-electron chi connectivity index (χ1n) is 11.1. The summed E-state index contributed by atoms with van der Waals surface area (Å²) in [6, 6.07) is 13.8. The normalized spacial score (nSPS) is 16.0. The van der Waals surface area contributed by atoms with Crippen LogP contribution in [0.3, 0.4) is 0 Å². The maximum absolute atomic E-state index is 13.4. The Morgan fingerprint density at radius 1 is 1.14 bits per heavy atom. The fourth-order valence-corrected chi connectivity index (χ4v) is 5.26. The summed E-state index contributed by atoms with van der Waals surface area (Å²) in [6.45, 7) is 0.883. The number of anilines is 4. The van der Waals surface area contributed by atoms with Crippen LogP contribution in [0.1, 0.15) is 10.4 Å². The number of carbonyl (C=O) groups is 1. The largest absolute Gasteiger partial charge is 0.465 e. The zero-order chi connectivity index (χ0) is 25.1. The van der Waals surface area contributed by atoms with Crippen molar-refractivity contribution in [2.75, 3.05) is 37.5 Å². The van der Waals surface area contributed by atoms with E-state index in [1.807, 2.05) is 0 Å². The number of esters is 1. The van der Waals surface area contributed by atoms with Gasteiger partial charge in [-0.15, -0.1) is 0 Å². The number of hydrogen-bond donors (Lipinski definition) is 3. The highest BCUT2D eigenvalue weighted by atomic mass is 32.2. The minimum atomic E-state index is -3.87. The van der Waals surface area contributed by atoms with Gasteiger partial charge in [-0.1, -0.05) is 12.1 Å². The summed E-state index contributed by atoms with van der Waals surface area (Å²) >= 11 is 0. The van der Waals surface area contributed by atoms with E-state index in [4.69, 9.17) is 13.9 Å². The van der Waals surface area contributed by atoms with E-state index in [0.717, 1.165) is 0 Å². The smallest absolute Gasteiger partial charge is 0.339 e. The number of sulfone groups is 1. The molecule has 186 valence electrons. The highest BCUT2D eigenvalue weighted by Crippen LogP contribution is 2.33. The lowest BCUT2D eigenvalue weighted by atomic mass is 10.1. The van der Waals surface area contributed by atoms with Crippen LogP contribution in [0.4, 0.5) is 23.1 Å². The number of morpholine rings is 1. The summed E-state index contributed by atoms with van der Waals surface area (Å²) < 4.78 is 42.3. The van der Waals surface area contributed by atoms with Gasteiger partial charge < -0.3 is 24.5 Å². The number of nitrogens with zero attached hydrogens (tertiary/aromatic N) is 2. The molecule has 2 aromatic carbocycles. The molecule has 1 aliphatic rings. The minimum absolute atomic E-state index is 0.0228. The molecule has 36 heavy (non-hydrogen) atoms. The molecule has 0 amide bonds. The number of hydrogen-bond acceptors (Lipinski definition) is 11. The van der Waals surface area contributed by atoms with Crippen molar-refractivity contribution in [3.63, 3.8) is 0 Å². The number of para-hydroxylation sites is 1. The number of fused-ring (bicyclic) bond motifs is 1. The third kappa shape index (κ3) is 4.73. The van der Waals surface area contributed by atoms with E-state index in [2.05, 4.69) is 25.9 Å². The average Bonchev–Trinajstić information content (AvgIpc) is 3.42. The van der Waals surface area contributed by atoms with Gasteiger partial charge >= 0.3 is 5.97 Å². The van der Waals surface area contributed by atoms with E-state index in [0.29, 0.717) is 52.7 Å². The maximum Gasteiger partial charge on any atom is 0.339 e. The summed E-state index contributed by atoms with van der Waals surface area (Å²) in [5.74, 6) is -0.529. The van der Waals surface area contributed by atoms with Crippen molar-refractivity contribution in [3.8, 4) is 0 Å². The molecule has 1 saturated heterocycles. The second-order valence-electron chi connectivity index (χ2n) is 7.93. The number of carbonyl (C=O) groups excluding carboxylic acids is 1. The van der Waals surface area contributed by atoms with E-state index >= 15 is 0 Å². The molecule has 1 fully saturated rings. The van der Waals surface area contributed by atoms with Crippen LogP contribution in [0.25, 0.3) is 10.9 Å². The van der Waals surface area contributed by atoms with Gasteiger partial charge in [0.1, 0.15) is 11.6 Å². The quantitative estimate of drug-likeness (QED) is 0.316. The fraction of sp³-hybridized carbons (Fsp3) is 0.208. The van der Waals surface area contributed by atoms with Crippen molar-refractivity contribution < 1.29 is 27.1 Å². The first-order chi connectivity index (χ1) is 17.5. The van der Waals surface area contributed by atoms with Gasteiger partial charge in [0.15, 0.2) is 5.03 Å². The number of benzene rings is 2. The zero-order valence-electron chi connectivity index (χ0n) is 19.2. The van der Waals surface area contributed by atoms with Gasteiger partial charge in [-0.25, -0.2) is 23.2 Å². The lowest BCUT2D eigenvalue weighted by Gasteiger charge is -2.24. The summed E-state index contributed by atoms with van der Waals surface area (Å²) in [6.07, 6.45) is 2.96. The van der Waals surface area contributed by atoms with Crippen LogP contribution < -0.4 is 16.0 Å². The van der Waals surface area contributed by atoms with Crippen molar-refractivity contribution in [3.05, 3.63) is 66.6 Å². The Labute approximate surface area is 206 Å². The standard InChI is InChI=1S/C24H23N5O6S/c1-33-23(30)16-4-2-3-5-18(16)28-20-13-21(36(31,32)22-14-34-10-8-25-22)29-19-7-6-15(12-17(19)20)27-24-26-9-11-35-24/h2-7,9,11-13,22,25H,8,10,14H2,1H3,(H,26,27)(H,28,29). The van der Waals surface area contributed by atoms with Gasteiger partial charge in [0.05, 0.1) is 49.0 Å². The van der Waals surface area contributed by atoms with Crippen molar-refractivity contribution in [2.24, 2.45) is 0 Å². The third-order valence-electron chi connectivity index (χ3n) is 5.62. The molecule has 1 atom stereocenters. The molecule has 4 aromatic rings. The molecule has 11 nitrogen and oxygen atoms in total. The van der Waals surface area contributed by atoms with Crippen molar-refractivity contribution in [1.29, 1.82) is 0 Å². The van der Waals surface area contributed by atoms with Crippen molar-refractivity contribution in [1.82, 2.24) is 15.3 Å². The molecule has 3 heterocycles. The van der Waals surface area contributed by atoms with Crippen LogP contribution in [0, 0.1) is 0 Å². The van der Waals surface area contributed by atoms with Crippen LogP contribution in [-0.4, -0.2) is 56.6 Å². The summed E-state index contributed by atoms with van der Waals surface area (Å²) in [4.78, 5) is 20.8. The SMILES string of the molecule is COC(=O)c1ccccc1Nc1cc(S(=O)(=O)C2COCCN2)nc2ccc(Nc3ncco3)cc12. The number of rotatable bonds is 7. The predicted molar refractivity (Wildman–Crippen MR) is 132 cm³/mol. The first kappa shape index (κ1) is 23.7. The van der Waals surface area contributed by atoms with E-state index in [1.165, 1.54) is 25.6 Å². The molecule has 1 aliphatic heterocycles. The number of methoxy groups -OCH3 is 1. The Morgan fingerprint density at radius 3 is 2.75 bits per heavy atom. The molecule has 12 heteroatoms. The highest BCUT2D eigenvalue weighted by molar-refractivity contribution is 7.92. The summed E-state index contributed by atoms with van der Waals surface area (Å²) in [5.41, 5.74) is 2.26. The summed E-state index contributed by atoms with van der Waals surface area (Å²) in [7, 11) is -2.57. The van der Waals surface area contributed by atoms with Gasteiger partial charge in [-0.05, 0) is 36.4 Å². The topological polar surface area (TPSA) is 145 Å². The molecule has 1 unspecified atom stereocenters. The highest BCUT2D eigenvalue weighted by Gasteiger charge is 2.31. The molecule has 0 saturated carbocycles. The van der Waals surface area contributed by atoms with E-state index in [-0.39, 0.29) is 11.6 Å². The second-order valence-corrected chi connectivity index (χ2v) is 10.0. The lowest BCUT2D eigenvalue weighted by molar-refractivity contribution is 0.0602. The molecule has 0 bridgehead atoms. The van der Waals surface area contributed by atoms with Crippen molar-refractivity contribution in [2.45, 2.75) is 10.4 Å². The number of ether oxygens (including phenoxy) is 2. The molecular weight excluding hydrogens is 486 g/mol. The number of oxazole rings is 1. The lowest BCUT2D eigenvalue weighted by Crippen LogP contribution is -2.46. The van der Waals surface area contributed by atoms with Gasteiger partial charge in [0.25, 0.3) is 6.01 Å². The fourth-order valence-electron chi connectivity index (χ4n) is 3.85. The van der Waals surface area contributed by atoms with E-state index in [9.17, 15) is 13.2 Å². The molecule has 0 radical (unpaired) electrons.